The number of hydrogen-bond acceptors (Lipinski definition) is 5. The van der Waals surface area contributed by atoms with Crippen molar-refractivity contribution >= 4 is 51.5 Å². The van der Waals surface area contributed by atoms with E-state index in [1.54, 1.807) is 30.5 Å². The van der Waals surface area contributed by atoms with E-state index in [-0.39, 0.29) is 5.76 Å². The Bertz CT molecular complexity index is 751. The van der Waals surface area contributed by atoms with Gasteiger partial charge in [0.05, 0.1) is 28.1 Å². The van der Waals surface area contributed by atoms with Crippen molar-refractivity contribution in [3.05, 3.63) is 52.4 Å². The number of halogens is 2. The fourth-order valence-corrected chi connectivity index (χ4v) is 2.62. The molecule has 0 saturated heterocycles. The van der Waals surface area contributed by atoms with Crippen LogP contribution in [0.2, 0.25) is 10.0 Å². The number of hydrogen-bond donors (Lipinski definition) is 0. The van der Waals surface area contributed by atoms with E-state index in [1.807, 2.05) is 6.07 Å². The third-order valence-electron chi connectivity index (χ3n) is 2.75. The maximum Gasteiger partial charge on any atom is 0.221 e. The summed E-state index contributed by atoms with van der Waals surface area (Å²) >= 11 is 13.2. The maximum atomic E-state index is 12.3. The molecule has 4 nitrogen and oxygen atoms in total. The standard InChI is InChI=1S/C15H10Cl2N2O2S/c1-22-15(19-12-7-9(16)4-5-11(12)17)10(8-18)14(20)13-3-2-6-21-13/h2-7,10H,1H3. The van der Waals surface area contributed by atoms with Gasteiger partial charge in [0.2, 0.25) is 5.78 Å². The summed E-state index contributed by atoms with van der Waals surface area (Å²) in [7, 11) is 0. The van der Waals surface area contributed by atoms with E-state index in [9.17, 15) is 10.1 Å². The minimum atomic E-state index is -1.06. The summed E-state index contributed by atoms with van der Waals surface area (Å²) in [5.74, 6) is -1.39. The fraction of sp³-hybridized carbons (Fsp3) is 0.133. The molecule has 0 N–H and O–H groups in total. The predicted octanol–water partition coefficient (Wildman–Crippen LogP) is 5.00. The summed E-state index contributed by atoms with van der Waals surface area (Å²) in [6, 6.07) is 9.88. The zero-order valence-corrected chi connectivity index (χ0v) is 13.7. The Morgan fingerprint density at radius 3 is 2.77 bits per heavy atom. The number of ketones is 1. The number of carbonyl (C=O) groups is 1. The van der Waals surface area contributed by atoms with Gasteiger partial charge in [-0.05, 0) is 36.6 Å². The van der Waals surface area contributed by atoms with Crippen LogP contribution in [0.3, 0.4) is 0 Å². The van der Waals surface area contributed by atoms with E-state index in [4.69, 9.17) is 27.6 Å². The van der Waals surface area contributed by atoms with Crippen LogP contribution in [0.15, 0.2) is 46.0 Å². The highest BCUT2D eigenvalue weighted by Gasteiger charge is 2.27. The van der Waals surface area contributed by atoms with Gasteiger partial charge in [-0.3, -0.25) is 4.79 Å². The topological polar surface area (TPSA) is 66.4 Å². The largest absolute Gasteiger partial charge is 0.461 e. The lowest BCUT2D eigenvalue weighted by atomic mass is 10.1. The molecule has 2 aromatic rings. The molecule has 1 unspecified atom stereocenters. The van der Waals surface area contributed by atoms with Crippen LogP contribution in [0.5, 0.6) is 0 Å². The van der Waals surface area contributed by atoms with Crippen molar-refractivity contribution < 1.29 is 9.21 Å². The van der Waals surface area contributed by atoms with Gasteiger partial charge in [0.1, 0.15) is 0 Å². The normalized spacial score (nSPS) is 12.7. The van der Waals surface area contributed by atoms with E-state index in [1.165, 1.54) is 24.1 Å². The molecule has 2 rings (SSSR count). The second-order valence-electron chi connectivity index (χ2n) is 4.15. The molecule has 0 spiro atoms. The number of carbonyl (C=O) groups excluding carboxylic acids is 1. The number of rotatable bonds is 4. The molecule has 1 aromatic heterocycles. The van der Waals surface area contributed by atoms with E-state index >= 15 is 0 Å². The van der Waals surface area contributed by atoms with Gasteiger partial charge >= 0.3 is 0 Å². The minimum Gasteiger partial charge on any atom is -0.461 e. The summed E-state index contributed by atoms with van der Waals surface area (Å²) in [6.07, 6.45) is 3.11. The zero-order valence-electron chi connectivity index (χ0n) is 11.4. The van der Waals surface area contributed by atoms with Crippen LogP contribution >= 0.6 is 35.0 Å². The van der Waals surface area contributed by atoms with Crippen molar-refractivity contribution in [1.82, 2.24) is 0 Å². The third kappa shape index (κ3) is 3.72. The molecule has 0 saturated carbocycles. The fourth-order valence-electron chi connectivity index (χ4n) is 1.71. The average molecular weight is 353 g/mol. The first-order chi connectivity index (χ1) is 10.6. The third-order valence-corrected chi connectivity index (χ3v) is 4.05. The number of nitriles is 1. The van der Waals surface area contributed by atoms with Crippen LogP contribution in [0.1, 0.15) is 10.6 Å². The van der Waals surface area contributed by atoms with Crippen LogP contribution in [0.25, 0.3) is 0 Å². The van der Waals surface area contributed by atoms with Crippen molar-refractivity contribution in [3.63, 3.8) is 0 Å². The van der Waals surface area contributed by atoms with Gasteiger partial charge in [0.15, 0.2) is 11.7 Å². The number of benzene rings is 1. The lowest BCUT2D eigenvalue weighted by molar-refractivity contribution is 0.0949. The smallest absolute Gasteiger partial charge is 0.221 e. The number of aliphatic imine (C=N–C) groups is 1. The molecule has 1 atom stereocenters. The van der Waals surface area contributed by atoms with E-state index in [0.717, 1.165) is 0 Å². The molecular formula is C15H10Cl2N2O2S. The van der Waals surface area contributed by atoms with Crippen molar-refractivity contribution in [1.29, 1.82) is 5.26 Å². The average Bonchev–Trinajstić information content (AvgIpc) is 3.04. The molecule has 0 aliphatic heterocycles. The zero-order chi connectivity index (χ0) is 16.1. The maximum absolute atomic E-state index is 12.3. The molecule has 22 heavy (non-hydrogen) atoms. The van der Waals surface area contributed by atoms with Gasteiger partial charge in [0.25, 0.3) is 0 Å². The lowest BCUT2D eigenvalue weighted by Gasteiger charge is -2.09. The van der Waals surface area contributed by atoms with Crippen LogP contribution in [-0.2, 0) is 0 Å². The minimum absolute atomic E-state index is 0.116. The highest BCUT2D eigenvalue weighted by Crippen LogP contribution is 2.30. The molecule has 7 heteroatoms. The number of furan rings is 1. The van der Waals surface area contributed by atoms with Gasteiger partial charge < -0.3 is 4.42 Å². The van der Waals surface area contributed by atoms with Gasteiger partial charge in [-0.15, -0.1) is 11.8 Å². The molecule has 0 fully saturated rings. The van der Waals surface area contributed by atoms with Crippen LogP contribution in [-0.4, -0.2) is 17.1 Å². The first-order valence-electron chi connectivity index (χ1n) is 6.11. The van der Waals surface area contributed by atoms with Gasteiger partial charge in [-0.25, -0.2) is 4.99 Å². The highest BCUT2D eigenvalue weighted by molar-refractivity contribution is 8.13. The molecular weight excluding hydrogens is 343 g/mol. The molecule has 112 valence electrons. The quantitative estimate of drug-likeness (QED) is 0.441. The molecule has 0 aliphatic carbocycles. The van der Waals surface area contributed by atoms with E-state index in [2.05, 4.69) is 4.99 Å². The van der Waals surface area contributed by atoms with Crippen molar-refractivity contribution in [2.45, 2.75) is 0 Å². The summed E-state index contributed by atoms with van der Waals surface area (Å²) in [5, 5.41) is 10.5. The Hall–Kier alpha value is -1.74. The summed E-state index contributed by atoms with van der Waals surface area (Å²) in [6.45, 7) is 0. The second-order valence-corrected chi connectivity index (χ2v) is 5.82. The molecule has 0 aliphatic rings. The molecule has 0 radical (unpaired) electrons. The van der Waals surface area contributed by atoms with E-state index in [0.29, 0.717) is 20.8 Å². The number of thioether (sulfide) groups is 1. The summed E-state index contributed by atoms with van der Waals surface area (Å²) in [4.78, 5) is 16.6. The van der Waals surface area contributed by atoms with E-state index < -0.39 is 11.7 Å². The van der Waals surface area contributed by atoms with Crippen molar-refractivity contribution in [2.24, 2.45) is 10.9 Å². The first-order valence-corrected chi connectivity index (χ1v) is 8.10. The Morgan fingerprint density at radius 2 is 2.18 bits per heavy atom. The van der Waals surface area contributed by atoms with Crippen LogP contribution in [0.4, 0.5) is 5.69 Å². The molecule has 0 amide bonds. The van der Waals surface area contributed by atoms with Crippen molar-refractivity contribution in [2.75, 3.05) is 6.26 Å². The SMILES string of the molecule is CSC(=Nc1cc(Cl)ccc1Cl)C(C#N)C(=O)c1ccco1. The van der Waals surface area contributed by atoms with Crippen LogP contribution < -0.4 is 0 Å². The Balaban J connectivity index is 2.41. The monoisotopic (exact) mass is 352 g/mol. The van der Waals surface area contributed by atoms with Gasteiger partial charge in [-0.1, -0.05) is 23.2 Å². The molecule has 0 bridgehead atoms. The summed E-state index contributed by atoms with van der Waals surface area (Å²) in [5.41, 5.74) is 0.408. The molecule has 1 aromatic carbocycles. The van der Waals surface area contributed by atoms with Gasteiger partial charge in [-0.2, -0.15) is 5.26 Å². The number of nitrogens with zero attached hydrogens (tertiary/aromatic N) is 2. The first kappa shape index (κ1) is 16.6. The Kier molecular flexibility index (Phi) is 5.67. The lowest BCUT2D eigenvalue weighted by Crippen LogP contribution is -2.20. The predicted molar refractivity (Wildman–Crippen MR) is 89.2 cm³/mol. The molecule has 1 heterocycles. The van der Waals surface area contributed by atoms with Crippen LogP contribution in [0, 0.1) is 17.2 Å². The Labute approximate surface area is 141 Å². The summed E-state index contributed by atoms with van der Waals surface area (Å²) < 4.78 is 5.05. The van der Waals surface area contributed by atoms with Gasteiger partial charge in [0, 0.05) is 5.02 Å². The Morgan fingerprint density at radius 1 is 1.41 bits per heavy atom. The second kappa shape index (κ2) is 7.50. The highest BCUT2D eigenvalue weighted by atomic mass is 35.5. The van der Waals surface area contributed by atoms with Crippen molar-refractivity contribution in [3.8, 4) is 6.07 Å². The number of Topliss-reactive ketones (excluding diaryl/α,β-unsaturated/α-hetero) is 1.